The standard InChI is InChI=1S/C15H21ClN2O2S/c1-15(9-19)7-3-4-13(15)18-14(20)17-10-5-6-12(21-2)11(16)8-10/h5-6,8,13,19H,3-4,7,9H2,1-2H3,(H2,17,18,20)/t13-,15-/m0/s1. The number of urea groups is 1. The molecule has 1 aromatic carbocycles. The average Bonchev–Trinajstić information content (AvgIpc) is 2.81. The number of hydrogen-bond donors (Lipinski definition) is 3. The molecule has 1 aromatic rings. The zero-order valence-corrected chi connectivity index (χ0v) is 13.9. The van der Waals surface area contributed by atoms with E-state index in [1.54, 1.807) is 17.8 Å². The van der Waals surface area contributed by atoms with Crippen LogP contribution in [0.3, 0.4) is 0 Å². The van der Waals surface area contributed by atoms with Gasteiger partial charge in [-0.2, -0.15) is 0 Å². The lowest BCUT2D eigenvalue weighted by Gasteiger charge is -2.30. The molecule has 2 atom stereocenters. The molecule has 0 aromatic heterocycles. The number of amides is 2. The molecule has 1 fully saturated rings. The Bertz CT molecular complexity index is 526. The molecule has 2 rings (SSSR count). The Kier molecular flexibility index (Phi) is 5.41. The molecule has 1 aliphatic rings. The number of aliphatic hydroxyl groups excluding tert-OH is 1. The van der Waals surface area contributed by atoms with Gasteiger partial charge in [-0.3, -0.25) is 0 Å². The molecule has 116 valence electrons. The largest absolute Gasteiger partial charge is 0.396 e. The quantitative estimate of drug-likeness (QED) is 0.738. The van der Waals surface area contributed by atoms with Gasteiger partial charge in [-0.25, -0.2) is 4.79 Å². The summed E-state index contributed by atoms with van der Waals surface area (Å²) in [6, 6.07) is 5.21. The molecule has 2 amide bonds. The van der Waals surface area contributed by atoms with Gasteiger partial charge in [0.1, 0.15) is 0 Å². The molecule has 6 heteroatoms. The summed E-state index contributed by atoms with van der Waals surface area (Å²) in [5.41, 5.74) is 0.441. The first-order chi connectivity index (χ1) is 9.98. The number of carbonyl (C=O) groups excluding carboxylic acids is 1. The van der Waals surface area contributed by atoms with Crippen LogP contribution in [0, 0.1) is 5.41 Å². The fourth-order valence-electron chi connectivity index (χ4n) is 2.74. The van der Waals surface area contributed by atoms with Crippen LogP contribution in [0.1, 0.15) is 26.2 Å². The highest BCUT2D eigenvalue weighted by atomic mass is 35.5. The number of anilines is 1. The first-order valence-corrected chi connectivity index (χ1v) is 8.61. The Morgan fingerprint density at radius 3 is 2.95 bits per heavy atom. The summed E-state index contributed by atoms with van der Waals surface area (Å²) in [5.74, 6) is 0. The summed E-state index contributed by atoms with van der Waals surface area (Å²) in [4.78, 5) is 13.1. The molecule has 21 heavy (non-hydrogen) atoms. The number of nitrogens with one attached hydrogen (secondary N) is 2. The number of thioether (sulfide) groups is 1. The fourth-order valence-corrected chi connectivity index (χ4v) is 3.61. The first-order valence-electron chi connectivity index (χ1n) is 7.00. The van der Waals surface area contributed by atoms with Gasteiger partial charge in [0.15, 0.2) is 0 Å². The van der Waals surface area contributed by atoms with Crippen LogP contribution in [0.15, 0.2) is 23.1 Å². The van der Waals surface area contributed by atoms with Gasteiger partial charge in [-0.05, 0) is 37.3 Å². The molecule has 0 aliphatic heterocycles. The zero-order chi connectivity index (χ0) is 15.5. The Hall–Kier alpha value is -0.910. The van der Waals surface area contributed by atoms with Gasteiger partial charge in [-0.1, -0.05) is 24.9 Å². The molecule has 0 heterocycles. The SMILES string of the molecule is CSc1ccc(NC(=O)N[C@H]2CCC[C@@]2(C)CO)cc1Cl. The molecular formula is C15H21ClN2O2S. The van der Waals surface area contributed by atoms with Gasteiger partial charge >= 0.3 is 6.03 Å². The minimum Gasteiger partial charge on any atom is -0.396 e. The van der Waals surface area contributed by atoms with Gasteiger partial charge < -0.3 is 15.7 Å². The second-order valence-electron chi connectivity index (χ2n) is 5.70. The van der Waals surface area contributed by atoms with Crippen molar-refractivity contribution in [2.24, 2.45) is 5.41 Å². The second-order valence-corrected chi connectivity index (χ2v) is 6.96. The van der Waals surface area contributed by atoms with E-state index >= 15 is 0 Å². The summed E-state index contributed by atoms with van der Waals surface area (Å²) >= 11 is 7.69. The summed E-state index contributed by atoms with van der Waals surface area (Å²) in [6.45, 7) is 2.10. The lowest BCUT2D eigenvalue weighted by molar-refractivity contribution is 0.122. The monoisotopic (exact) mass is 328 g/mol. The van der Waals surface area contributed by atoms with E-state index in [1.807, 2.05) is 25.3 Å². The summed E-state index contributed by atoms with van der Waals surface area (Å²) < 4.78 is 0. The number of rotatable bonds is 4. The Balaban J connectivity index is 1.97. The van der Waals surface area contributed by atoms with Gasteiger partial charge in [-0.15, -0.1) is 11.8 Å². The third kappa shape index (κ3) is 3.84. The number of halogens is 1. The van der Waals surface area contributed by atoms with Crippen molar-refractivity contribution in [3.8, 4) is 0 Å². The molecule has 4 nitrogen and oxygen atoms in total. The molecule has 0 unspecified atom stereocenters. The lowest BCUT2D eigenvalue weighted by Crippen LogP contribution is -2.46. The third-order valence-corrected chi connectivity index (χ3v) is 5.38. The smallest absolute Gasteiger partial charge is 0.319 e. The minimum atomic E-state index is -0.255. The fraction of sp³-hybridized carbons (Fsp3) is 0.533. The van der Waals surface area contributed by atoms with E-state index in [9.17, 15) is 9.90 Å². The van der Waals surface area contributed by atoms with E-state index in [0.717, 1.165) is 24.2 Å². The summed E-state index contributed by atoms with van der Waals surface area (Å²) in [6.07, 6.45) is 4.81. The Morgan fingerprint density at radius 1 is 1.57 bits per heavy atom. The van der Waals surface area contributed by atoms with E-state index in [0.29, 0.717) is 10.7 Å². The maximum atomic E-state index is 12.1. The molecular weight excluding hydrogens is 308 g/mol. The molecule has 1 aliphatic carbocycles. The summed E-state index contributed by atoms with van der Waals surface area (Å²) in [7, 11) is 0. The van der Waals surface area contributed by atoms with E-state index in [2.05, 4.69) is 10.6 Å². The predicted octanol–water partition coefficient (Wildman–Crippen LogP) is 3.73. The van der Waals surface area contributed by atoms with Gasteiger partial charge in [0.05, 0.1) is 11.6 Å². The Labute approximate surface area is 134 Å². The van der Waals surface area contributed by atoms with Crippen molar-refractivity contribution >= 4 is 35.1 Å². The third-order valence-electron chi connectivity index (χ3n) is 4.16. The maximum absolute atomic E-state index is 12.1. The van der Waals surface area contributed by atoms with Crippen molar-refractivity contribution in [3.05, 3.63) is 23.2 Å². The molecule has 1 saturated carbocycles. The van der Waals surface area contributed by atoms with Crippen LogP contribution in [-0.2, 0) is 0 Å². The average molecular weight is 329 g/mol. The van der Waals surface area contributed by atoms with Crippen molar-refractivity contribution in [1.29, 1.82) is 0 Å². The van der Waals surface area contributed by atoms with Crippen LogP contribution >= 0.6 is 23.4 Å². The summed E-state index contributed by atoms with van der Waals surface area (Å²) in [5, 5.41) is 15.9. The van der Waals surface area contributed by atoms with E-state index < -0.39 is 0 Å². The van der Waals surface area contributed by atoms with E-state index in [-0.39, 0.29) is 24.1 Å². The number of benzene rings is 1. The van der Waals surface area contributed by atoms with Crippen LogP contribution in [-0.4, -0.2) is 30.0 Å². The van der Waals surface area contributed by atoms with Crippen molar-refractivity contribution in [1.82, 2.24) is 5.32 Å². The van der Waals surface area contributed by atoms with E-state index in [4.69, 9.17) is 11.6 Å². The molecule has 0 radical (unpaired) electrons. The van der Waals surface area contributed by atoms with Crippen molar-refractivity contribution < 1.29 is 9.90 Å². The number of carbonyl (C=O) groups is 1. The van der Waals surface area contributed by atoms with Crippen LogP contribution in [0.25, 0.3) is 0 Å². The molecule has 0 spiro atoms. The lowest BCUT2D eigenvalue weighted by atomic mass is 9.86. The first kappa shape index (κ1) is 16.5. The molecule has 3 N–H and O–H groups in total. The predicted molar refractivity (Wildman–Crippen MR) is 88.2 cm³/mol. The van der Waals surface area contributed by atoms with Crippen molar-refractivity contribution in [2.75, 3.05) is 18.2 Å². The van der Waals surface area contributed by atoms with Crippen LogP contribution in [0.5, 0.6) is 0 Å². The van der Waals surface area contributed by atoms with Gasteiger partial charge in [0.2, 0.25) is 0 Å². The highest BCUT2D eigenvalue weighted by Crippen LogP contribution is 2.37. The van der Waals surface area contributed by atoms with E-state index in [1.165, 1.54) is 0 Å². The number of aliphatic hydroxyl groups is 1. The van der Waals surface area contributed by atoms with Gasteiger partial charge in [0, 0.05) is 22.0 Å². The number of hydrogen-bond acceptors (Lipinski definition) is 3. The highest BCUT2D eigenvalue weighted by Gasteiger charge is 2.39. The van der Waals surface area contributed by atoms with Crippen LogP contribution in [0.2, 0.25) is 5.02 Å². The Morgan fingerprint density at radius 2 is 2.33 bits per heavy atom. The second kappa shape index (κ2) is 6.90. The topological polar surface area (TPSA) is 61.4 Å². The highest BCUT2D eigenvalue weighted by molar-refractivity contribution is 7.98. The van der Waals surface area contributed by atoms with Crippen molar-refractivity contribution in [2.45, 2.75) is 37.1 Å². The molecule has 0 saturated heterocycles. The van der Waals surface area contributed by atoms with Gasteiger partial charge in [0.25, 0.3) is 0 Å². The maximum Gasteiger partial charge on any atom is 0.319 e. The normalized spacial score (nSPS) is 24.9. The minimum absolute atomic E-state index is 0.00319. The van der Waals surface area contributed by atoms with Crippen molar-refractivity contribution in [3.63, 3.8) is 0 Å². The molecule has 0 bridgehead atoms. The van der Waals surface area contributed by atoms with Crippen LogP contribution < -0.4 is 10.6 Å². The zero-order valence-electron chi connectivity index (χ0n) is 12.3. The van der Waals surface area contributed by atoms with Crippen LogP contribution in [0.4, 0.5) is 10.5 Å².